The minimum atomic E-state index is -0.0223. The molecule has 2 saturated heterocycles. The number of pyridine rings is 1. The largest absolute Gasteiger partial charge is 0.340 e. The van der Waals surface area contributed by atoms with E-state index in [1.165, 1.54) is 22.3 Å². The quantitative estimate of drug-likeness (QED) is 0.151. The number of aromatic nitrogens is 3. The molecule has 5 aromatic carbocycles. The van der Waals surface area contributed by atoms with Gasteiger partial charge >= 0.3 is 0 Å². The number of nitrogens with zero attached hydrogens (tertiary/aromatic N) is 4. The molecule has 4 heterocycles. The molecule has 2 fully saturated rings. The SMILES string of the molecule is Cc1ccccc1CCC(=O)N1CCCC1c1ccc2ccc(-c3ccc(-c4ccc5nc(C6CCCN6C(=O)CCc6ccccc6C)[nH]c5c4)cc3)cc2n1. The van der Waals surface area contributed by atoms with Crippen LogP contribution in [-0.2, 0) is 22.4 Å². The van der Waals surface area contributed by atoms with Gasteiger partial charge in [-0.05, 0) is 121 Å². The van der Waals surface area contributed by atoms with Crippen molar-refractivity contribution in [3.8, 4) is 22.3 Å². The number of H-pyrrole nitrogens is 1. The zero-order valence-electron chi connectivity index (χ0n) is 32.9. The fourth-order valence-electron chi connectivity index (χ4n) is 8.99. The third kappa shape index (κ3) is 7.59. The van der Waals surface area contributed by atoms with E-state index in [1.54, 1.807) is 0 Å². The normalized spacial score (nSPS) is 16.9. The van der Waals surface area contributed by atoms with Crippen molar-refractivity contribution >= 4 is 33.8 Å². The molecule has 0 saturated carbocycles. The van der Waals surface area contributed by atoms with Gasteiger partial charge in [0.2, 0.25) is 11.8 Å². The van der Waals surface area contributed by atoms with Gasteiger partial charge in [0.05, 0.1) is 34.3 Å². The number of nitrogens with one attached hydrogen (secondary N) is 1. The minimum Gasteiger partial charge on any atom is -0.340 e. The predicted molar refractivity (Wildman–Crippen MR) is 229 cm³/mol. The Bertz CT molecular complexity index is 2590. The Balaban J connectivity index is 0.883. The van der Waals surface area contributed by atoms with Gasteiger partial charge < -0.3 is 14.8 Å². The number of aryl methyl sites for hydroxylation is 4. The summed E-state index contributed by atoms with van der Waals surface area (Å²) in [6.07, 6.45) is 6.39. The molecule has 2 unspecified atom stereocenters. The Kier molecular flexibility index (Phi) is 10.1. The van der Waals surface area contributed by atoms with Crippen molar-refractivity contribution in [2.24, 2.45) is 0 Å². The van der Waals surface area contributed by atoms with E-state index in [0.717, 1.165) is 107 Å². The van der Waals surface area contributed by atoms with Crippen LogP contribution in [0.2, 0.25) is 0 Å². The van der Waals surface area contributed by atoms with Crippen molar-refractivity contribution in [3.05, 3.63) is 155 Å². The minimum absolute atomic E-state index is 0.0129. The van der Waals surface area contributed by atoms with Gasteiger partial charge in [0, 0.05) is 31.3 Å². The molecule has 2 aliphatic heterocycles. The summed E-state index contributed by atoms with van der Waals surface area (Å²) in [4.78, 5) is 44.6. The molecule has 0 radical (unpaired) electrons. The standard InChI is InChI=1S/C50H49N5O2/c1-33-9-3-5-11-35(33)23-27-48(56)54-29-7-13-46(54)43-26-21-39-19-20-40(31-44(39)51-43)37-15-17-38(18-16-37)41-22-25-42-45(32-41)53-50(52-42)47-14-8-30-55(47)49(57)28-24-36-12-6-4-10-34(36)2/h3-6,9-12,15-22,25-26,31-32,46-47H,7-8,13-14,23-24,27-30H2,1-2H3,(H,52,53). The molecular weight excluding hydrogens is 703 g/mol. The van der Waals surface area contributed by atoms with Gasteiger partial charge in [-0.2, -0.15) is 0 Å². The van der Waals surface area contributed by atoms with Gasteiger partial charge in [-0.15, -0.1) is 0 Å². The van der Waals surface area contributed by atoms with Crippen LogP contribution in [0.25, 0.3) is 44.2 Å². The lowest BCUT2D eigenvalue weighted by atomic mass is 9.99. The van der Waals surface area contributed by atoms with E-state index in [-0.39, 0.29) is 23.9 Å². The second kappa shape index (κ2) is 15.8. The monoisotopic (exact) mass is 751 g/mol. The van der Waals surface area contributed by atoms with E-state index in [0.29, 0.717) is 12.8 Å². The average molecular weight is 752 g/mol. The number of hydrogen-bond donors (Lipinski definition) is 1. The van der Waals surface area contributed by atoms with Crippen LogP contribution in [0.15, 0.2) is 121 Å². The second-order valence-corrected chi connectivity index (χ2v) is 15.9. The number of amides is 2. The third-order valence-corrected chi connectivity index (χ3v) is 12.3. The molecule has 0 spiro atoms. The molecule has 7 aromatic rings. The average Bonchev–Trinajstić information content (AvgIpc) is 4.03. The molecule has 0 aliphatic carbocycles. The number of carbonyl (C=O) groups is 2. The molecule has 1 N–H and O–H groups in total. The summed E-state index contributed by atoms with van der Waals surface area (Å²) in [6, 6.07) is 42.4. The Morgan fingerprint density at radius 1 is 0.596 bits per heavy atom. The van der Waals surface area contributed by atoms with Crippen LogP contribution in [-0.4, -0.2) is 49.7 Å². The molecule has 7 heteroatoms. The molecule has 2 aliphatic rings. The highest BCUT2D eigenvalue weighted by Crippen LogP contribution is 2.36. The van der Waals surface area contributed by atoms with Crippen LogP contribution < -0.4 is 0 Å². The summed E-state index contributed by atoms with van der Waals surface area (Å²) >= 11 is 0. The van der Waals surface area contributed by atoms with Gasteiger partial charge in [0.1, 0.15) is 5.82 Å². The predicted octanol–water partition coefficient (Wildman–Crippen LogP) is 10.7. The first kappa shape index (κ1) is 36.6. The zero-order valence-corrected chi connectivity index (χ0v) is 32.9. The first-order valence-corrected chi connectivity index (χ1v) is 20.6. The summed E-state index contributed by atoms with van der Waals surface area (Å²) in [5, 5.41) is 1.09. The smallest absolute Gasteiger partial charge is 0.223 e. The maximum atomic E-state index is 13.4. The number of rotatable bonds is 10. The Morgan fingerprint density at radius 2 is 1.14 bits per heavy atom. The van der Waals surface area contributed by atoms with Crippen molar-refractivity contribution in [2.75, 3.05) is 13.1 Å². The first-order chi connectivity index (χ1) is 27.9. The highest BCUT2D eigenvalue weighted by atomic mass is 16.2. The molecule has 7 nitrogen and oxygen atoms in total. The van der Waals surface area contributed by atoms with E-state index in [2.05, 4.69) is 127 Å². The van der Waals surface area contributed by atoms with Crippen LogP contribution in [0.4, 0.5) is 0 Å². The number of aromatic amines is 1. The van der Waals surface area contributed by atoms with Gasteiger partial charge in [0.15, 0.2) is 0 Å². The van der Waals surface area contributed by atoms with Crippen LogP contribution in [0.3, 0.4) is 0 Å². The molecule has 9 rings (SSSR count). The number of likely N-dealkylation sites (tertiary alicyclic amines) is 2. The summed E-state index contributed by atoms with van der Waals surface area (Å²) < 4.78 is 0. The van der Waals surface area contributed by atoms with Crippen LogP contribution in [0, 0.1) is 13.8 Å². The highest BCUT2D eigenvalue weighted by molar-refractivity contribution is 5.86. The van der Waals surface area contributed by atoms with Gasteiger partial charge in [-0.25, -0.2) is 4.98 Å². The lowest BCUT2D eigenvalue weighted by Gasteiger charge is -2.25. The summed E-state index contributed by atoms with van der Waals surface area (Å²) in [7, 11) is 0. The summed E-state index contributed by atoms with van der Waals surface area (Å²) in [5.41, 5.74) is 13.2. The zero-order chi connectivity index (χ0) is 38.9. The Labute approximate surface area is 334 Å². The highest BCUT2D eigenvalue weighted by Gasteiger charge is 2.32. The number of carbonyl (C=O) groups excluding carboxylic acids is 2. The molecule has 2 atom stereocenters. The molecule has 2 aromatic heterocycles. The number of hydrogen-bond acceptors (Lipinski definition) is 4. The van der Waals surface area contributed by atoms with E-state index in [1.807, 2.05) is 23.1 Å². The molecule has 2 amide bonds. The van der Waals surface area contributed by atoms with E-state index in [9.17, 15) is 9.59 Å². The van der Waals surface area contributed by atoms with Crippen LogP contribution >= 0.6 is 0 Å². The number of fused-ring (bicyclic) bond motifs is 2. The molecule has 0 bridgehead atoms. The fraction of sp³-hybridized carbons (Fsp3) is 0.280. The van der Waals surface area contributed by atoms with Gasteiger partial charge in [-0.1, -0.05) is 97.1 Å². The summed E-state index contributed by atoms with van der Waals surface area (Å²) in [5.74, 6) is 1.28. The van der Waals surface area contributed by atoms with E-state index < -0.39 is 0 Å². The van der Waals surface area contributed by atoms with Gasteiger partial charge in [-0.3, -0.25) is 14.6 Å². The Hall–Kier alpha value is -6.08. The van der Waals surface area contributed by atoms with Crippen molar-refractivity contribution in [3.63, 3.8) is 0 Å². The summed E-state index contributed by atoms with van der Waals surface area (Å²) in [6.45, 7) is 5.78. The number of imidazole rings is 1. The maximum absolute atomic E-state index is 13.4. The molecule has 286 valence electrons. The van der Waals surface area contributed by atoms with Crippen molar-refractivity contribution < 1.29 is 9.59 Å². The topological polar surface area (TPSA) is 82.2 Å². The second-order valence-electron chi connectivity index (χ2n) is 15.9. The molecule has 57 heavy (non-hydrogen) atoms. The van der Waals surface area contributed by atoms with Crippen molar-refractivity contribution in [1.29, 1.82) is 0 Å². The van der Waals surface area contributed by atoms with Crippen LogP contribution in [0.1, 0.15) is 84.4 Å². The fourth-order valence-corrected chi connectivity index (χ4v) is 8.99. The maximum Gasteiger partial charge on any atom is 0.223 e. The lowest BCUT2D eigenvalue weighted by Crippen LogP contribution is -2.31. The van der Waals surface area contributed by atoms with Crippen molar-refractivity contribution in [2.45, 2.75) is 77.3 Å². The lowest BCUT2D eigenvalue weighted by molar-refractivity contribution is -0.133. The van der Waals surface area contributed by atoms with Gasteiger partial charge in [0.25, 0.3) is 0 Å². The van der Waals surface area contributed by atoms with E-state index in [4.69, 9.17) is 9.97 Å². The van der Waals surface area contributed by atoms with Crippen LogP contribution in [0.5, 0.6) is 0 Å². The first-order valence-electron chi connectivity index (χ1n) is 20.6. The van der Waals surface area contributed by atoms with Crippen molar-refractivity contribution in [1.82, 2.24) is 24.8 Å². The Morgan fingerprint density at radius 3 is 1.79 bits per heavy atom. The third-order valence-electron chi connectivity index (χ3n) is 12.3. The number of benzene rings is 5. The van der Waals surface area contributed by atoms with E-state index >= 15 is 0 Å². The molecular formula is C50H49N5O2.